The van der Waals surface area contributed by atoms with Gasteiger partial charge in [-0.15, -0.1) is 0 Å². The van der Waals surface area contributed by atoms with Crippen molar-refractivity contribution in [2.75, 3.05) is 19.3 Å². The summed E-state index contributed by atoms with van der Waals surface area (Å²) in [7, 11) is -3.31. The Labute approximate surface area is 130 Å². The first-order chi connectivity index (χ1) is 10.3. The second kappa shape index (κ2) is 5.35. The van der Waals surface area contributed by atoms with E-state index >= 15 is 0 Å². The number of aliphatic hydroxyl groups is 1. The van der Waals surface area contributed by atoms with Gasteiger partial charge < -0.3 is 10.0 Å². The molecule has 1 heterocycles. The second-order valence-electron chi connectivity index (χ2n) is 6.47. The first-order valence-corrected chi connectivity index (χ1v) is 9.50. The van der Waals surface area contributed by atoms with Gasteiger partial charge in [0.05, 0.1) is 10.5 Å². The molecule has 1 N–H and O–H groups in total. The van der Waals surface area contributed by atoms with Crippen molar-refractivity contribution in [2.45, 2.75) is 36.2 Å². The number of hydrogen-bond acceptors (Lipinski definition) is 4. The fourth-order valence-corrected chi connectivity index (χ4v) is 3.87. The molecular weight excluding hydrogens is 302 g/mol. The molecule has 1 saturated heterocycles. The number of amides is 1. The van der Waals surface area contributed by atoms with Crippen LogP contribution in [0.25, 0.3) is 0 Å². The van der Waals surface area contributed by atoms with E-state index in [0.717, 1.165) is 31.9 Å². The molecular formula is C16H21NO4S. The molecule has 1 saturated carbocycles. The summed E-state index contributed by atoms with van der Waals surface area (Å²) in [5.41, 5.74) is -0.0720. The SMILES string of the molecule is CS(=O)(=O)c1cccc(C(=O)N2CCC(C3(O)CC3)CC2)c1. The zero-order chi connectivity index (χ0) is 16.0. The fraction of sp³-hybridized carbons (Fsp3) is 0.562. The van der Waals surface area contributed by atoms with Gasteiger partial charge in [0.25, 0.3) is 5.91 Å². The molecule has 1 aliphatic heterocycles. The first kappa shape index (κ1) is 15.5. The Morgan fingerprint density at radius 3 is 2.45 bits per heavy atom. The lowest BCUT2D eigenvalue weighted by Gasteiger charge is -2.34. The van der Waals surface area contributed by atoms with E-state index < -0.39 is 15.4 Å². The Kier molecular flexibility index (Phi) is 3.77. The summed E-state index contributed by atoms with van der Waals surface area (Å²) in [6.45, 7) is 1.24. The highest BCUT2D eigenvalue weighted by Gasteiger charge is 2.48. The lowest BCUT2D eigenvalue weighted by Crippen LogP contribution is -2.41. The lowest BCUT2D eigenvalue weighted by atomic mass is 9.89. The van der Waals surface area contributed by atoms with Crippen LogP contribution < -0.4 is 0 Å². The maximum atomic E-state index is 12.5. The molecule has 2 aliphatic rings. The van der Waals surface area contributed by atoms with Crippen LogP contribution in [0.15, 0.2) is 29.2 Å². The fourth-order valence-electron chi connectivity index (χ4n) is 3.20. The third-order valence-electron chi connectivity index (χ3n) is 4.81. The molecule has 2 fully saturated rings. The molecule has 0 radical (unpaired) electrons. The molecule has 1 aromatic rings. The number of carbonyl (C=O) groups excluding carboxylic acids is 1. The van der Waals surface area contributed by atoms with Gasteiger partial charge in [-0.25, -0.2) is 8.42 Å². The van der Waals surface area contributed by atoms with Crippen molar-refractivity contribution in [3.8, 4) is 0 Å². The van der Waals surface area contributed by atoms with Gasteiger partial charge in [0, 0.05) is 24.9 Å². The van der Waals surface area contributed by atoms with Gasteiger partial charge in [0.2, 0.25) is 0 Å². The van der Waals surface area contributed by atoms with E-state index in [0.29, 0.717) is 24.6 Å². The molecule has 1 aromatic carbocycles. The van der Waals surface area contributed by atoms with Crippen LogP contribution in [-0.2, 0) is 9.84 Å². The largest absolute Gasteiger partial charge is 0.390 e. The number of carbonyl (C=O) groups is 1. The Morgan fingerprint density at radius 1 is 1.27 bits per heavy atom. The Bertz CT molecular complexity index is 686. The maximum absolute atomic E-state index is 12.5. The Hall–Kier alpha value is -1.40. The summed E-state index contributed by atoms with van der Waals surface area (Å²) in [6.07, 6.45) is 4.52. The molecule has 5 nitrogen and oxygen atoms in total. The second-order valence-corrected chi connectivity index (χ2v) is 8.49. The first-order valence-electron chi connectivity index (χ1n) is 7.61. The van der Waals surface area contributed by atoms with Crippen molar-refractivity contribution in [2.24, 2.45) is 5.92 Å². The van der Waals surface area contributed by atoms with Crippen molar-refractivity contribution in [1.29, 1.82) is 0 Å². The van der Waals surface area contributed by atoms with Gasteiger partial charge in [0.15, 0.2) is 9.84 Å². The van der Waals surface area contributed by atoms with Crippen molar-refractivity contribution < 1.29 is 18.3 Å². The number of benzene rings is 1. The minimum atomic E-state index is -3.31. The van der Waals surface area contributed by atoms with Crippen LogP contribution in [0, 0.1) is 5.92 Å². The number of nitrogens with zero attached hydrogens (tertiary/aromatic N) is 1. The number of sulfone groups is 1. The molecule has 0 bridgehead atoms. The van der Waals surface area contributed by atoms with E-state index in [2.05, 4.69) is 0 Å². The normalized spacial score (nSPS) is 21.6. The Morgan fingerprint density at radius 2 is 1.91 bits per heavy atom. The molecule has 0 unspecified atom stereocenters. The number of likely N-dealkylation sites (tertiary alicyclic amines) is 1. The van der Waals surface area contributed by atoms with E-state index in [4.69, 9.17) is 0 Å². The number of piperidine rings is 1. The number of hydrogen-bond donors (Lipinski definition) is 1. The minimum Gasteiger partial charge on any atom is -0.390 e. The van der Waals surface area contributed by atoms with Crippen LogP contribution in [0.1, 0.15) is 36.0 Å². The zero-order valence-electron chi connectivity index (χ0n) is 12.7. The quantitative estimate of drug-likeness (QED) is 0.914. The molecule has 22 heavy (non-hydrogen) atoms. The summed E-state index contributed by atoms with van der Waals surface area (Å²) < 4.78 is 23.2. The predicted octanol–water partition coefficient (Wildman–Crippen LogP) is 1.47. The number of rotatable bonds is 3. The summed E-state index contributed by atoms with van der Waals surface area (Å²) >= 11 is 0. The standard InChI is InChI=1S/C16H21NO4S/c1-22(20,21)14-4-2-3-12(11-14)15(18)17-9-5-13(6-10-17)16(19)7-8-16/h2-4,11,13,19H,5-10H2,1H3. The highest BCUT2D eigenvalue weighted by atomic mass is 32.2. The van der Waals surface area contributed by atoms with Gasteiger partial charge in [0.1, 0.15) is 0 Å². The maximum Gasteiger partial charge on any atom is 0.253 e. The van der Waals surface area contributed by atoms with Gasteiger partial charge in [-0.05, 0) is 49.8 Å². The minimum absolute atomic E-state index is 0.133. The van der Waals surface area contributed by atoms with Gasteiger partial charge in [-0.2, -0.15) is 0 Å². The van der Waals surface area contributed by atoms with Crippen LogP contribution in [0.4, 0.5) is 0 Å². The topological polar surface area (TPSA) is 74.7 Å². The smallest absolute Gasteiger partial charge is 0.253 e. The molecule has 0 aromatic heterocycles. The van der Waals surface area contributed by atoms with Crippen LogP contribution in [-0.4, -0.2) is 49.3 Å². The van der Waals surface area contributed by atoms with Crippen LogP contribution in [0.5, 0.6) is 0 Å². The summed E-state index contributed by atoms with van der Waals surface area (Å²) in [6, 6.07) is 6.19. The van der Waals surface area contributed by atoms with E-state index in [1.165, 1.54) is 12.1 Å². The monoisotopic (exact) mass is 323 g/mol. The average molecular weight is 323 g/mol. The van der Waals surface area contributed by atoms with Gasteiger partial charge >= 0.3 is 0 Å². The van der Waals surface area contributed by atoms with E-state index in [-0.39, 0.29) is 10.8 Å². The molecule has 0 spiro atoms. The van der Waals surface area contributed by atoms with Gasteiger partial charge in [-0.1, -0.05) is 6.07 Å². The van der Waals surface area contributed by atoms with Crippen molar-refractivity contribution in [3.63, 3.8) is 0 Å². The highest BCUT2D eigenvalue weighted by molar-refractivity contribution is 7.90. The Balaban J connectivity index is 1.70. The molecule has 0 atom stereocenters. The van der Waals surface area contributed by atoms with E-state index in [1.54, 1.807) is 17.0 Å². The van der Waals surface area contributed by atoms with Crippen LogP contribution >= 0.6 is 0 Å². The summed E-state index contributed by atoms with van der Waals surface area (Å²) in [4.78, 5) is 14.4. The van der Waals surface area contributed by atoms with E-state index in [1.807, 2.05) is 0 Å². The van der Waals surface area contributed by atoms with Crippen LogP contribution in [0.3, 0.4) is 0 Å². The summed E-state index contributed by atoms with van der Waals surface area (Å²) in [5, 5.41) is 10.2. The lowest BCUT2D eigenvalue weighted by molar-refractivity contribution is 0.0340. The van der Waals surface area contributed by atoms with Crippen molar-refractivity contribution >= 4 is 15.7 Å². The van der Waals surface area contributed by atoms with Crippen molar-refractivity contribution in [1.82, 2.24) is 4.90 Å². The molecule has 3 rings (SSSR count). The third-order valence-corrected chi connectivity index (χ3v) is 5.92. The van der Waals surface area contributed by atoms with Crippen LogP contribution in [0.2, 0.25) is 0 Å². The predicted molar refractivity (Wildman–Crippen MR) is 82.4 cm³/mol. The third kappa shape index (κ3) is 3.03. The van der Waals surface area contributed by atoms with Crippen molar-refractivity contribution in [3.05, 3.63) is 29.8 Å². The average Bonchev–Trinajstić information content (AvgIpc) is 3.25. The molecule has 1 amide bonds. The molecule has 1 aliphatic carbocycles. The van der Waals surface area contributed by atoms with E-state index in [9.17, 15) is 18.3 Å². The molecule has 120 valence electrons. The van der Waals surface area contributed by atoms with Gasteiger partial charge in [-0.3, -0.25) is 4.79 Å². The molecule has 6 heteroatoms. The summed E-state index contributed by atoms with van der Waals surface area (Å²) in [5.74, 6) is 0.158. The zero-order valence-corrected chi connectivity index (χ0v) is 13.5. The highest BCUT2D eigenvalue weighted by Crippen LogP contribution is 2.46.